The molecule has 0 aromatic heterocycles. The molecule has 22 heavy (non-hydrogen) atoms. The maximum Gasteiger partial charge on any atom is 0.309 e. The van der Waals surface area contributed by atoms with Crippen molar-refractivity contribution in [2.24, 2.45) is 23.7 Å². The van der Waals surface area contributed by atoms with Crippen LogP contribution in [-0.2, 0) is 19.1 Å². The predicted octanol–water partition coefficient (Wildman–Crippen LogP) is 3.72. The third kappa shape index (κ3) is 4.02. The van der Waals surface area contributed by atoms with Gasteiger partial charge in [0.25, 0.3) is 0 Å². The summed E-state index contributed by atoms with van der Waals surface area (Å²) in [6.07, 6.45) is 6.72. The molecule has 0 saturated heterocycles. The molecule has 0 spiro atoms. The molecule has 4 heteroatoms. The van der Waals surface area contributed by atoms with Gasteiger partial charge in [-0.3, -0.25) is 9.59 Å². The van der Waals surface area contributed by atoms with Crippen LogP contribution < -0.4 is 0 Å². The van der Waals surface area contributed by atoms with Crippen molar-refractivity contribution in [3.05, 3.63) is 0 Å². The van der Waals surface area contributed by atoms with Crippen LogP contribution in [0.1, 0.15) is 65.7 Å². The SMILES string of the molecule is CCCCCOC(=O)C1CC2CC(OC(=O)C(C)CC)C1C2. The normalized spacial score (nSPS) is 31.0. The quantitative estimate of drug-likeness (QED) is 0.506. The first-order valence-corrected chi connectivity index (χ1v) is 8.93. The van der Waals surface area contributed by atoms with Crippen LogP contribution in [0.4, 0.5) is 0 Å². The second kappa shape index (κ2) is 7.98. The summed E-state index contributed by atoms with van der Waals surface area (Å²) in [6, 6.07) is 0. The van der Waals surface area contributed by atoms with Crippen LogP contribution in [0.5, 0.6) is 0 Å². The Morgan fingerprint density at radius 2 is 1.91 bits per heavy atom. The number of hydrogen-bond donors (Lipinski definition) is 0. The third-order valence-electron chi connectivity index (χ3n) is 5.33. The number of carbonyl (C=O) groups is 2. The summed E-state index contributed by atoms with van der Waals surface area (Å²) in [5.74, 6) is 0.390. The first kappa shape index (κ1) is 17.3. The molecule has 126 valence electrons. The molecule has 2 rings (SSSR count). The molecule has 0 N–H and O–H groups in total. The van der Waals surface area contributed by atoms with Crippen molar-refractivity contribution >= 4 is 11.9 Å². The first-order valence-electron chi connectivity index (χ1n) is 8.93. The van der Waals surface area contributed by atoms with E-state index < -0.39 is 0 Å². The summed E-state index contributed by atoms with van der Waals surface area (Å²) >= 11 is 0. The molecule has 0 radical (unpaired) electrons. The Bertz CT molecular complexity index is 393. The average molecular weight is 310 g/mol. The van der Waals surface area contributed by atoms with Crippen molar-refractivity contribution in [1.29, 1.82) is 0 Å². The molecule has 0 aromatic rings. The van der Waals surface area contributed by atoms with Gasteiger partial charge in [0.15, 0.2) is 0 Å². The highest BCUT2D eigenvalue weighted by atomic mass is 16.5. The lowest BCUT2D eigenvalue weighted by Gasteiger charge is -2.28. The Kier molecular flexibility index (Phi) is 6.27. The van der Waals surface area contributed by atoms with Crippen LogP contribution in [-0.4, -0.2) is 24.6 Å². The molecule has 0 amide bonds. The molecular formula is C18H30O4. The number of esters is 2. The molecule has 0 aliphatic heterocycles. The van der Waals surface area contributed by atoms with E-state index in [1.807, 2.05) is 13.8 Å². The largest absolute Gasteiger partial charge is 0.465 e. The van der Waals surface area contributed by atoms with Gasteiger partial charge in [-0.15, -0.1) is 0 Å². The monoisotopic (exact) mass is 310 g/mol. The van der Waals surface area contributed by atoms with Gasteiger partial charge in [-0.25, -0.2) is 0 Å². The van der Waals surface area contributed by atoms with Crippen LogP contribution in [0.15, 0.2) is 0 Å². The minimum atomic E-state index is -0.116. The zero-order valence-electron chi connectivity index (χ0n) is 14.2. The van der Waals surface area contributed by atoms with E-state index in [4.69, 9.17) is 9.47 Å². The van der Waals surface area contributed by atoms with E-state index >= 15 is 0 Å². The summed E-state index contributed by atoms with van der Waals surface area (Å²) in [5, 5.41) is 0. The average Bonchev–Trinajstić information content (AvgIpc) is 3.10. The van der Waals surface area contributed by atoms with Crippen LogP contribution in [0.25, 0.3) is 0 Å². The summed E-state index contributed by atoms with van der Waals surface area (Å²) in [4.78, 5) is 24.2. The lowest BCUT2D eigenvalue weighted by molar-refractivity contribution is -0.163. The molecule has 5 atom stereocenters. The minimum Gasteiger partial charge on any atom is -0.465 e. The maximum absolute atomic E-state index is 12.3. The van der Waals surface area contributed by atoms with Crippen LogP contribution in [0, 0.1) is 23.7 Å². The molecule has 0 heterocycles. The molecule has 2 fully saturated rings. The van der Waals surface area contributed by atoms with Gasteiger partial charge in [0.2, 0.25) is 0 Å². The fraction of sp³-hybridized carbons (Fsp3) is 0.889. The number of unbranched alkanes of at least 4 members (excludes halogenated alkanes) is 2. The highest BCUT2D eigenvalue weighted by Crippen LogP contribution is 2.50. The number of fused-ring (bicyclic) bond motifs is 2. The Morgan fingerprint density at radius 1 is 1.14 bits per heavy atom. The van der Waals surface area contributed by atoms with Gasteiger partial charge < -0.3 is 9.47 Å². The predicted molar refractivity (Wildman–Crippen MR) is 84.1 cm³/mol. The first-order chi connectivity index (χ1) is 10.6. The standard InChI is InChI=1S/C18H30O4/c1-4-6-7-8-21-18(20)15-10-13-9-14(15)16(11-13)22-17(19)12(3)5-2/h12-16H,4-11H2,1-3H3. The van der Waals surface area contributed by atoms with E-state index in [2.05, 4.69) is 6.92 Å². The highest BCUT2D eigenvalue weighted by Gasteiger charge is 2.51. The maximum atomic E-state index is 12.3. The molecule has 2 saturated carbocycles. The van der Waals surface area contributed by atoms with E-state index in [1.165, 1.54) is 0 Å². The van der Waals surface area contributed by atoms with Crippen molar-refractivity contribution in [3.63, 3.8) is 0 Å². The molecule has 4 nitrogen and oxygen atoms in total. The van der Waals surface area contributed by atoms with Crippen molar-refractivity contribution < 1.29 is 19.1 Å². The topological polar surface area (TPSA) is 52.6 Å². The van der Waals surface area contributed by atoms with Crippen molar-refractivity contribution in [2.45, 2.75) is 71.8 Å². The van der Waals surface area contributed by atoms with E-state index in [1.54, 1.807) is 0 Å². The number of ether oxygens (including phenoxy) is 2. The minimum absolute atomic E-state index is 0.0569. The molecule has 2 bridgehead atoms. The zero-order chi connectivity index (χ0) is 16.1. The molecule has 5 unspecified atom stereocenters. The Hall–Kier alpha value is -1.06. The van der Waals surface area contributed by atoms with Crippen molar-refractivity contribution in [3.8, 4) is 0 Å². The highest BCUT2D eigenvalue weighted by molar-refractivity contribution is 5.74. The molecule has 0 aromatic carbocycles. The summed E-state index contributed by atoms with van der Waals surface area (Å²) in [5.41, 5.74) is 0. The summed E-state index contributed by atoms with van der Waals surface area (Å²) in [6.45, 7) is 6.55. The molecular weight excluding hydrogens is 280 g/mol. The lowest BCUT2D eigenvalue weighted by Crippen LogP contribution is -2.35. The number of rotatable bonds is 8. The van der Waals surface area contributed by atoms with E-state index in [9.17, 15) is 9.59 Å². The molecule has 2 aliphatic carbocycles. The van der Waals surface area contributed by atoms with Crippen LogP contribution in [0.2, 0.25) is 0 Å². The van der Waals surface area contributed by atoms with Gasteiger partial charge >= 0.3 is 11.9 Å². The Morgan fingerprint density at radius 3 is 2.55 bits per heavy atom. The van der Waals surface area contributed by atoms with E-state index in [0.29, 0.717) is 12.5 Å². The van der Waals surface area contributed by atoms with Crippen molar-refractivity contribution in [2.75, 3.05) is 6.61 Å². The summed E-state index contributed by atoms with van der Waals surface area (Å²) in [7, 11) is 0. The van der Waals surface area contributed by atoms with Crippen LogP contribution >= 0.6 is 0 Å². The Balaban J connectivity index is 1.83. The van der Waals surface area contributed by atoms with Gasteiger partial charge in [-0.05, 0) is 38.0 Å². The van der Waals surface area contributed by atoms with Gasteiger partial charge in [0.1, 0.15) is 6.10 Å². The smallest absolute Gasteiger partial charge is 0.309 e. The summed E-state index contributed by atoms with van der Waals surface area (Å²) < 4.78 is 11.1. The van der Waals surface area contributed by atoms with Gasteiger partial charge in [0.05, 0.1) is 18.4 Å². The second-order valence-electron chi connectivity index (χ2n) is 7.00. The van der Waals surface area contributed by atoms with Crippen molar-refractivity contribution in [1.82, 2.24) is 0 Å². The molecule has 2 aliphatic rings. The zero-order valence-corrected chi connectivity index (χ0v) is 14.2. The number of carbonyl (C=O) groups excluding carboxylic acids is 2. The third-order valence-corrected chi connectivity index (χ3v) is 5.33. The number of hydrogen-bond acceptors (Lipinski definition) is 4. The van der Waals surface area contributed by atoms with Crippen LogP contribution in [0.3, 0.4) is 0 Å². The van der Waals surface area contributed by atoms with E-state index in [0.717, 1.165) is 44.9 Å². The van der Waals surface area contributed by atoms with Gasteiger partial charge in [-0.2, -0.15) is 0 Å². The Labute approximate surface area is 133 Å². The fourth-order valence-electron chi connectivity index (χ4n) is 3.76. The van der Waals surface area contributed by atoms with Gasteiger partial charge in [0, 0.05) is 5.92 Å². The second-order valence-corrected chi connectivity index (χ2v) is 7.00. The van der Waals surface area contributed by atoms with E-state index in [-0.39, 0.29) is 35.8 Å². The fourth-order valence-corrected chi connectivity index (χ4v) is 3.76. The lowest BCUT2D eigenvalue weighted by atomic mass is 9.86. The van der Waals surface area contributed by atoms with Gasteiger partial charge in [-0.1, -0.05) is 33.6 Å².